The molecule has 0 saturated carbocycles. The van der Waals surface area contributed by atoms with Crippen LogP contribution in [0.5, 0.6) is 0 Å². The minimum atomic E-state index is -0.0454. The minimum absolute atomic E-state index is 0.0454. The van der Waals surface area contributed by atoms with Gasteiger partial charge in [0.2, 0.25) is 5.95 Å². The van der Waals surface area contributed by atoms with Gasteiger partial charge in [0.25, 0.3) is 0 Å². The number of benzene rings is 2. The van der Waals surface area contributed by atoms with Gasteiger partial charge in [-0.25, -0.2) is 10.8 Å². The summed E-state index contributed by atoms with van der Waals surface area (Å²) in [7, 11) is 0. The second kappa shape index (κ2) is 7.05. The van der Waals surface area contributed by atoms with Crippen LogP contribution in [0, 0.1) is 18.3 Å². The summed E-state index contributed by atoms with van der Waals surface area (Å²) in [5.74, 6) is 6.51. The average Bonchev–Trinajstić information content (AvgIpc) is 2.62. The number of nitrogens with one attached hydrogen (secondary N) is 2. The molecule has 4 N–H and O–H groups in total. The summed E-state index contributed by atoms with van der Waals surface area (Å²) >= 11 is 3.48. The zero-order valence-electron chi connectivity index (χ0n) is 13.8. The predicted octanol–water partition coefficient (Wildman–Crippen LogP) is 4.03. The van der Waals surface area contributed by atoms with E-state index >= 15 is 0 Å². The van der Waals surface area contributed by atoms with Crippen LogP contribution in [0.25, 0.3) is 10.9 Å². The first kappa shape index (κ1) is 17.1. The summed E-state index contributed by atoms with van der Waals surface area (Å²) in [6, 6.07) is 13.7. The molecule has 0 saturated heterocycles. The largest absolute Gasteiger partial charge is 0.363 e. The maximum atomic E-state index is 9.24. The molecule has 0 amide bonds. The van der Waals surface area contributed by atoms with Gasteiger partial charge in [-0.05, 0) is 49.2 Å². The molecule has 0 aliphatic heterocycles. The number of nitriles is 1. The fourth-order valence-electron chi connectivity index (χ4n) is 2.80. The van der Waals surface area contributed by atoms with Crippen LogP contribution in [0.1, 0.15) is 29.7 Å². The summed E-state index contributed by atoms with van der Waals surface area (Å²) in [6.45, 7) is 3.98. The monoisotopic (exact) mass is 396 g/mol. The Morgan fingerprint density at radius 3 is 2.76 bits per heavy atom. The number of hydrogen-bond acceptors (Lipinski definition) is 6. The van der Waals surface area contributed by atoms with Gasteiger partial charge in [0.15, 0.2) is 0 Å². The van der Waals surface area contributed by atoms with Crippen LogP contribution in [-0.2, 0) is 0 Å². The summed E-state index contributed by atoms with van der Waals surface area (Å²) in [5.41, 5.74) is 5.96. The zero-order chi connectivity index (χ0) is 18.0. The van der Waals surface area contributed by atoms with Crippen LogP contribution in [-0.4, -0.2) is 9.97 Å². The van der Waals surface area contributed by atoms with Gasteiger partial charge in [-0.3, -0.25) is 5.43 Å². The Morgan fingerprint density at radius 1 is 1.24 bits per heavy atom. The molecule has 1 atom stereocenters. The van der Waals surface area contributed by atoms with E-state index in [4.69, 9.17) is 5.84 Å². The Kier molecular flexibility index (Phi) is 4.83. The Morgan fingerprint density at radius 2 is 2.04 bits per heavy atom. The van der Waals surface area contributed by atoms with Gasteiger partial charge < -0.3 is 5.32 Å². The van der Waals surface area contributed by atoms with Crippen molar-refractivity contribution >= 4 is 38.6 Å². The standard InChI is InChI=1S/C18H17BrN6/c1-10-12(9-20)4-3-5-14(10)11(2)22-17-15-8-13(19)6-7-16(15)23-18(24-17)25-21/h3-8,11H,21H2,1-2H3,(H2,22,23,24,25). The lowest BCUT2D eigenvalue weighted by molar-refractivity contribution is 0.865. The van der Waals surface area contributed by atoms with Crippen LogP contribution in [0.2, 0.25) is 0 Å². The smallest absolute Gasteiger partial charge is 0.239 e. The Bertz CT molecular complexity index is 979. The maximum Gasteiger partial charge on any atom is 0.239 e. The molecule has 1 aromatic heterocycles. The van der Waals surface area contributed by atoms with Crippen molar-refractivity contribution in [2.24, 2.45) is 5.84 Å². The van der Waals surface area contributed by atoms with Crippen LogP contribution in [0.4, 0.5) is 11.8 Å². The van der Waals surface area contributed by atoms with Crippen molar-refractivity contribution in [2.45, 2.75) is 19.9 Å². The minimum Gasteiger partial charge on any atom is -0.363 e. The van der Waals surface area contributed by atoms with E-state index in [-0.39, 0.29) is 6.04 Å². The zero-order valence-corrected chi connectivity index (χ0v) is 15.4. The molecule has 126 valence electrons. The highest BCUT2D eigenvalue weighted by Crippen LogP contribution is 2.29. The predicted molar refractivity (Wildman–Crippen MR) is 103 cm³/mol. The Balaban J connectivity index is 2.05. The molecular weight excluding hydrogens is 380 g/mol. The lowest BCUT2D eigenvalue weighted by atomic mass is 9.98. The number of fused-ring (bicyclic) bond motifs is 1. The van der Waals surface area contributed by atoms with Crippen molar-refractivity contribution in [3.8, 4) is 6.07 Å². The average molecular weight is 397 g/mol. The van der Waals surface area contributed by atoms with Crippen molar-refractivity contribution in [3.63, 3.8) is 0 Å². The van der Waals surface area contributed by atoms with Crippen molar-refractivity contribution in [1.29, 1.82) is 5.26 Å². The van der Waals surface area contributed by atoms with E-state index in [0.717, 1.165) is 26.5 Å². The lowest BCUT2D eigenvalue weighted by Crippen LogP contribution is -2.14. The lowest BCUT2D eigenvalue weighted by Gasteiger charge is -2.19. The van der Waals surface area contributed by atoms with E-state index in [0.29, 0.717) is 17.3 Å². The molecule has 25 heavy (non-hydrogen) atoms. The van der Waals surface area contributed by atoms with Crippen molar-refractivity contribution < 1.29 is 0 Å². The molecule has 0 fully saturated rings. The number of halogens is 1. The Labute approximate surface area is 154 Å². The number of rotatable bonds is 4. The van der Waals surface area contributed by atoms with Crippen LogP contribution < -0.4 is 16.6 Å². The first-order chi connectivity index (χ1) is 12.0. The number of nitrogens with two attached hydrogens (primary N) is 1. The number of aromatic nitrogens is 2. The number of hydrogen-bond donors (Lipinski definition) is 3. The van der Waals surface area contributed by atoms with E-state index in [2.05, 4.69) is 42.7 Å². The highest BCUT2D eigenvalue weighted by atomic mass is 79.9. The van der Waals surface area contributed by atoms with Crippen LogP contribution in [0.3, 0.4) is 0 Å². The van der Waals surface area contributed by atoms with Gasteiger partial charge in [0.1, 0.15) is 5.82 Å². The summed E-state index contributed by atoms with van der Waals surface area (Å²) in [4.78, 5) is 8.82. The molecule has 3 rings (SSSR count). The second-order valence-corrected chi connectivity index (χ2v) is 6.61. The topological polar surface area (TPSA) is 99.7 Å². The summed E-state index contributed by atoms with van der Waals surface area (Å²) in [5, 5.41) is 13.5. The SMILES string of the molecule is Cc1c(C#N)cccc1C(C)Nc1nc(NN)nc2ccc(Br)cc12. The second-order valence-electron chi connectivity index (χ2n) is 5.70. The van der Waals surface area contributed by atoms with Gasteiger partial charge >= 0.3 is 0 Å². The molecule has 1 unspecified atom stereocenters. The fraction of sp³-hybridized carbons (Fsp3) is 0.167. The Hall–Kier alpha value is -2.69. The van der Waals surface area contributed by atoms with Gasteiger partial charge in [-0.1, -0.05) is 28.1 Å². The fourth-order valence-corrected chi connectivity index (χ4v) is 3.16. The van der Waals surface area contributed by atoms with Crippen molar-refractivity contribution in [1.82, 2.24) is 9.97 Å². The molecule has 7 heteroatoms. The van der Waals surface area contributed by atoms with Gasteiger partial charge in [0.05, 0.1) is 23.2 Å². The molecule has 0 aliphatic carbocycles. The first-order valence-electron chi connectivity index (χ1n) is 7.73. The van der Waals surface area contributed by atoms with Gasteiger partial charge in [-0.15, -0.1) is 0 Å². The first-order valence-corrected chi connectivity index (χ1v) is 8.53. The van der Waals surface area contributed by atoms with Crippen LogP contribution >= 0.6 is 15.9 Å². The molecular formula is C18H17BrN6. The third-order valence-corrected chi connectivity index (χ3v) is 4.60. The van der Waals surface area contributed by atoms with E-state index < -0.39 is 0 Å². The molecule has 6 nitrogen and oxygen atoms in total. The molecule has 3 aromatic rings. The summed E-state index contributed by atoms with van der Waals surface area (Å²) < 4.78 is 0.940. The number of anilines is 2. The molecule has 2 aromatic carbocycles. The number of nitrogen functional groups attached to an aromatic ring is 1. The van der Waals surface area contributed by atoms with E-state index in [1.807, 2.05) is 50.2 Å². The van der Waals surface area contributed by atoms with Crippen LogP contribution in [0.15, 0.2) is 40.9 Å². The van der Waals surface area contributed by atoms with Gasteiger partial charge in [-0.2, -0.15) is 10.2 Å². The normalized spacial score (nSPS) is 11.8. The van der Waals surface area contributed by atoms with E-state index in [9.17, 15) is 5.26 Å². The molecule has 1 heterocycles. The highest BCUT2D eigenvalue weighted by Gasteiger charge is 2.14. The van der Waals surface area contributed by atoms with E-state index in [1.54, 1.807) is 0 Å². The summed E-state index contributed by atoms with van der Waals surface area (Å²) in [6.07, 6.45) is 0. The molecule has 0 radical (unpaired) electrons. The highest BCUT2D eigenvalue weighted by molar-refractivity contribution is 9.10. The number of nitrogens with zero attached hydrogens (tertiary/aromatic N) is 3. The van der Waals surface area contributed by atoms with E-state index in [1.165, 1.54) is 0 Å². The van der Waals surface area contributed by atoms with Gasteiger partial charge in [0, 0.05) is 9.86 Å². The number of hydrazine groups is 1. The van der Waals surface area contributed by atoms with Crippen molar-refractivity contribution in [2.75, 3.05) is 10.7 Å². The molecule has 0 bridgehead atoms. The quantitative estimate of drug-likeness (QED) is 0.454. The molecule has 0 aliphatic rings. The third-order valence-electron chi connectivity index (χ3n) is 4.10. The molecule has 0 spiro atoms. The maximum absolute atomic E-state index is 9.24. The third kappa shape index (κ3) is 3.40. The van der Waals surface area contributed by atoms with Crippen molar-refractivity contribution in [3.05, 3.63) is 57.6 Å².